The van der Waals surface area contributed by atoms with Gasteiger partial charge in [-0.1, -0.05) is 18.1 Å². The van der Waals surface area contributed by atoms with E-state index in [0.717, 1.165) is 11.3 Å². The molecule has 1 aliphatic heterocycles. The highest BCUT2D eigenvalue weighted by Gasteiger charge is 2.49. The fourth-order valence-electron chi connectivity index (χ4n) is 2.10. The van der Waals surface area contributed by atoms with Crippen molar-refractivity contribution in [2.45, 2.75) is 51.9 Å². The molecule has 4 nitrogen and oxygen atoms in total. The van der Waals surface area contributed by atoms with E-state index in [9.17, 15) is 0 Å². The lowest BCUT2D eigenvalue weighted by atomic mass is 9.88. The predicted molar refractivity (Wildman–Crippen MR) is 82.0 cm³/mol. The summed E-state index contributed by atoms with van der Waals surface area (Å²) in [7, 11) is -0.346. The molecule has 20 heavy (non-hydrogen) atoms. The Labute approximate surface area is 121 Å². The fourth-order valence-corrected chi connectivity index (χ4v) is 2.10. The summed E-state index contributed by atoms with van der Waals surface area (Å²) in [5.41, 5.74) is 7.16. The van der Waals surface area contributed by atoms with Crippen LogP contribution in [-0.2, 0) is 9.31 Å². The molecule has 1 aliphatic rings. The zero-order chi connectivity index (χ0) is 15.0. The smallest absolute Gasteiger partial charge is 0.400 e. The van der Waals surface area contributed by atoms with Crippen LogP contribution in [0.25, 0.3) is 6.08 Å². The highest BCUT2D eigenvalue weighted by molar-refractivity contribution is 6.52. The summed E-state index contributed by atoms with van der Waals surface area (Å²) in [5, 5.41) is 0. The van der Waals surface area contributed by atoms with Crippen molar-refractivity contribution >= 4 is 13.2 Å². The Balaban J connectivity index is 2.16. The van der Waals surface area contributed by atoms with Gasteiger partial charge in [0.1, 0.15) is 0 Å². The van der Waals surface area contributed by atoms with Gasteiger partial charge in [-0.25, -0.2) is 0 Å². The maximum absolute atomic E-state index is 5.93. The Hall–Kier alpha value is -1.17. The molecule has 2 heterocycles. The van der Waals surface area contributed by atoms with Crippen molar-refractivity contribution in [1.29, 1.82) is 0 Å². The van der Waals surface area contributed by atoms with Gasteiger partial charge in [-0.3, -0.25) is 4.98 Å². The molecule has 0 aromatic carbocycles. The Morgan fingerprint density at radius 3 is 2.40 bits per heavy atom. The summed E-state index contributed by atoms with van der Waals surface area (Å²) in [5.74, 6) is 1.92. The molecule has 0 spiro atoms. The molecule has 1 atom stereocenters. The second kappa shape index (κ2) is 5.32. The van der Waals surface area contributed by atoms with E-state index in [1.807, 2.05) is 58.8 Å². The van der Waals surface area contributed by atoms with E-state index in [2.05, 4.69) is 4.98 Å². The van der Waals surface area contributed by atoms with Crippen molar-refractivity contribution < 1.29 is 9.31 Å². The van der Waals surface area contributed by atoms with Gasteiger partial charge in [0.15, 0.2) is 0 Å². The maximum atomic E-state index is 5.93. The number of hydrogen-bond acceptors (Lipinski definition) is 4. The summed E-state index contributed by atoms with van der Waals surface area (Å²) in [6.07, 6.45) is 3.72. The Kier molecular flexibility index (Phi) is 4.05. The van der Waals surface area contributed by atoms with E-state index in [4.69, 9.17) is 15.0 Å². The number of nitrogens with two attached hydrogens (primary N) is 1. The van der Waals surface area contributed by atoms with Crippen LogP contribution in [0.5, 0.6) is 0 Å². The summed E-state index contributed by atoms with van der Waals surface area (Å²) in [4.78, 5) is 4.32. The number of rotatable bonds is 3. The molecule has 0 aliphatic carbocycles. The van der Waals surface area contributed by atoms with Gasteiger partial charge in [-0.05, 0) is 46.2 Å². The summed E-state index contributed by atoms with van der Waals surface area (Å²) >= 11 is 0. The summed E-state index contributed by atoms with van der Waals surface area (Å²) in [6.45, 7) is 10.1. The molecule has 0 saturated carbocycles. The number of hydrogen-bond donors (Lipinski definition) is 1. The van der Waals surface area contributed by atoms with Crippen LogP contribution in [0.15, 0.2) is 24.3 Å². The van der Waals surface area contributed by atoms with Gasteiger partial charge >= 0.3 is 7.12 Å². The molecule has 1 aromatic rings. The third-order valence-electron chi connectivity index (χ3n) is 4.01. The largest absolute Gasteiger partial charge is 0.487 e. The first-order valence-corrected chi connectivity index (χ1v) is 6.97. The first kappa shape index (κ1) is 15.2. The first-order valence-electron chi connectivity index (χ1n) is 6.97. The zero-order valence-electron chi connectivity index (χ0n) is 12.9. The Morgan fingerprint density at radius 2 is 1.85 bits per heavy atom. The van der Waals surface area contributed by atoms with Crippen LogP contribution in [0.2, 0.25) is 0 Å². The third-order valence-corrected chi connectivity index (χ3v) is 4.01. The minimum absolute atomic E-state index is 0.103. The van der Waals surface area contributed by atoms with Crippen molar-refractivity contribution in [3.63, 3.8) is 0 Å². The minimum atomic E-state index is -0.346. The molecule has 0 unspecified atom stereocenters. The highest BCUT2D eigenvalue weighted by atomic mass is 16.7. The zero-order valence-corrected chi connectivity index (χ0v) is 12.9. The van der Waals surface area contributed by atoms with E-state index in [1.165, 1.54) is 0 Å². The molecule has 1 aromatic heterocycles. The van der Waals surface area contributed by atoms with Crippen LogP contribution >= 0.6 is 0 Å². The minimum Gasteiger partial charge on any atom is -0.400 e. The van der Waals surface area contributed by atoms with Crippen molar-refractivity contribution in [3.8, 4) is 0 Å². The van der Waals surface area contributed by atoms with Crippen molar-refractivity contribution in [3.05, 3.63) is 35.6 Å². The standard InChI is InChI=1S/C15H23BN2O2/c1-11(17)13-12(7-6-10-18-13)8-9-16-19-14(2,3)15(4,5)20-16/h6-11H,17H2,1-5H3/b9-8+/t11-/m0/s1. The van der Waals surface area contributed by atoms with Gasteiger partial charge in [-0.2, -0.15) is 0 Å². The van der Waals surface area contributed by atoms with Crippen molar-refractivity contribution in [1.82, 2.24) is 4.98 Å². The SMILES string of the molecule is C[C@H](N)c1ncccc1/C=C/B1OC(C)(C)C(C)(C)O1. The van der Waals surface area contributed by atoms with Crippen molar-refractivity contribution in [2.24, 2.45) is 5.73 Å². The average Bonchev–Trinajstić information content (AvgIpc) is 2.55. The number of pyridine rings is 1. The van der Waals surface area contributed by atoms with Crippen LogP contribution in [0, 0.1) is 0 Å². The normalized spacial score (nSPS) is 22.4. The van der Waals surface area contributed by atoms with Gasteiger partial charge in [0.05, 0.1) is 16.9 Å². The molecular weight excluding hydrogens is 251 g/mol. The first-order chi connectivity index (χ1) is 9.23. The molecule has 1 fully saturated rings. The Bertz CT molecular complexity index is 496. The number of aromatic nitrogens is 1. The van der Waals surface area contributed by atoms with Gasteiger partial charge < -0.3 is 15.0 Å². The van der Waals surface area contributed by atoms with E-state index < -0.39 is 0 Å². The molecule has 108 valence electrons. The topological polar surface area (TPSA) is 57.4 Å². The second-order valence-corrected chi connectivity index (χ2v) is 6.25. The molecule has 0 bridgehead atoms. The summed E-state index contributed by atoms with van der Waals surface area (Å²) in [6, 6.07) is 3.79. The quantitative estimate of drug-likeness (QED) is 0.861. The highest BCUT2D eigenvalue weighted by Crippen LogP contribution is 2.37. The molecule has 2 N–H and O–H groups in total. The van der Waals surface area contributed by atoms with Crippen LogP contribution in [0.3, 0.4) is 0 Å². The van der Waals surface area contributed by atoms with Crippen LogP contribution in [0.1, 0.15) is 51.9 Å². The van der Waals surface area contributed by atoms with Gasteiger partial charge in [0.2, 0.25) is 0 Å². The van der Waals surface area contributed by atoms with Crippen molar-refractivity contribution in [2.75, 3.05) is 0 Å². The van der Waals surface area contributed by atoms with E-state index >= 15 is 0 Å². The lowest BCUT2D eigenvalue weighted by molar-refractivity contribution is 0.00578. The monoisotopic (exact) mass is 274 g/mol. The van der Waals surface area contributed by atoms with Crippen LogP contribution in [0.4, 0.5) is 0 Å². The molecule has 1 saturated heterocycles. The van der Waals surface area contributed by atoms with Gasteiger partial charge in [-0.15, -0.1) is 0 Å². The molecular formula is C15H23BN2O2. The molecule has 0 amide bonds. The van der Waals surface area contributed by atoms with Gasteiger partial charge in [0, 0.05) is 12.2 Å². The molecule has 5 heteroatoms. The average molecular weight is 274 g/mol. The number of nitrogens with zero attached hydrogens (tertiary/aromatic N) is 1. The van der Waals surface area contributed by atoms with E-state index in [1.54, 1.807) is 6.20 Å². The second-order valence-electron chi connectivity index (χ2n) is 6.25. The van der Waals surface area contributed by atoms with Crippen LogP contribution in [-0.4, -0.2) is 23.3 Å². The molecule has 0 radical (unpaired) electrons. The fraction of sp³-hybridized carbons (Fsp3) is 0.533. The summed E-state index contributed by atoms with van der Waals surface area (Å²) < 4.78 is 11.9. The predicted octanol–water partition coefficient (Wildman–Crippen LogP) is 2.75. The Morgan fingerprint density at radius 1 is 1.25 bits per heavy atom. The van der Waals surface area contributed by atoms with Gasteiger partial charge in [0.25, 0.3) is 0 Å². The lowest BCUT2D eigenvalue weighted by Crippen LogP contribution is -2.41. The molecule has 2 rings (SSSR count). The lowest BCUT2D eigenvalue weighted by Gasteiger charge is -2.32. The maximum Gasteiger partial charge on any atom is 0.487 e. The van der Waals surface area contributed by atoms with E-state index in [0.29, 0.717) is 0 Å². The van der Waals surface area contributed by atoms with E-state index in [-0.39, 0.29) is 24.4 Å². The third kappa shape index (κ3) is 2.95. The van der Waals surface area contributed by atoms with Crippen LogP contribution < -0.4 is 5.73 Å².